The molecule has 0 saturated heterocycles. The average Bonchev–Trinajstić information content (AvgIpc) is 2.73. The monoisotopic (exact) mass is 478 g/mol. The van der Waals surface area contributed by atoms with Gasteiger partial charge in [0.1, 0.15) is 23.6 Å². The summed E-state index contributed by atoms with van der Waals surface area (Å²) in [7, 11) is 0. The van der Waals surface area contributed by atoms with E-state index in [1.165, 1.54) is 48.5 Å². The van der Waals surface area contributed by atoms with Crippen LogP contribution in [0.3, 0.4) is 0 Å². The highest BCUT2D eigenvalue weighted by Gasteiger charge is 2.34. The van der Waals surface area contributed by atoms with Gasteiger partial charge >= 0.3 is 17.9 Å². The number of hydrogen-bond acceptors (Lipinski definition) is 9. The van der Waals surface area contributed by atoms with Crippen molar-refractivity contribution < 1.29 is 50.1 Å². The number of aromatic hydroxyl groups is 2. The number of aliphatic hydroxyl groups is 2. The Morgan fingerprint density at radius 1 is 0.706 bits per heavy atom. The molecule has 0 heterocycles. The number of aliphatic hydroxyl groups excluding tert-OH is 1. The molecule has 0 radical (unpaired) electrons. The largest absolute Gasteiger partial charge is 0.508 e. The van der Waals surface area contributed by atoms with Crippen LogP contribution < -0.4 is 0 Å². The van der Waals surface area contributed by atoms with Crippen LogP contribution >= 0.6 is 0 Å². The van der Waals surface area contributed by atoms with Gasteiger partial charge in [0.15, 0.2) is 6.29 Å². The van der Waals surface area contributed by atoms with Crippen molar-refractivity contribution in [3.63, 3.8) is 0 Å². The molecule has 7 N–H and O–H groups in total. The van der Waals surface area contributed by atoms with E-state index in [2.05, 4.69) is 0 Å². The van der Waals surface area contributed by atoms with Crippen LogP contribution in [-0.2, 0) is 14.4 Å². The van der Waals surface area contributed by atoms with Crippen molar-refractivity contribution in [1.82, 2.24) is 9.80 Å². The van der Waals surface area contributed by atoms with E-state index in [4.69, 9.17) is 0 Å². The predicted molar refractivity (Wildman–Crippen MR) is 116 cm³/mol. The third-order valence-corrected chi connectivity index (χ3v) is 5.07. The molecule has 0 fully saturated rings. The third-order valence-electron chi connectivity index (χ3n) is 5.07. The summed E-state index contributed by atoms with van der Waals surface area (Å²) in [5.41, 5.74) is -0.114. The first-order chi connectivity index (χ1) is 16.0. The van der Waals surface area contributed by atoms with Gasteiger partial charge in [0.05, 0.1) is 13.1 Å². The van der Waals surface area contributed by atoms with Gasteiger partial charge in [-0.25, -0.2) is 0 Å². The summed E-state index contributed by atoms with van der Waals surface area (Å²) in [5.74, 6) is -4.97. The molecule has 0 amide bonds. The standard InChI is InChI=1S/C22H26N2O10/c25-15-7-3-1-5-13(15)19(21(31)32)23(11-17(27)28)9-10-24(12-18(29)30)20(22(33)34)14-6-2-4-8-16(14)26/h1-8,17,19-20,25-28H,9-12H2,(H,29,30)(H,31,32)(H,33,34)/t19?,20-/m0/s1. The van der Waals surface area contributed by atoms with E-state index < -0.39 is 49.4 Å². The van der Waals surface area contributed by atoms with E-state index in [0.717, 1.165) is 9.80 Å². The molecule has 0 aliphatic carbocycles. The zero-order valence-corrected chi connectivity index (χ0v) is 17.9. The minimum absolute atomic E-state index is 0.0454. The van der Waals surface area contributed by atoms with E-state index in [0.29, 0.717) is 0 Å². The lowest BCUT2D eigenvalue weighted by atomic mass is 10.0. The number of nitrogens with zero attached hydrogens (tertiary/aromatic N) is 2. The van der Waals surface area contributed by atoms with E-state index >= 15 is 0 Å². The number of rotatable bonds is 13. The molecule has 2 rings (SSSR count). The molecule has 12 nitrogen and oxygen atoms in total. The maximum Gasteiger partial charge on any atom is 0.325 e. The smallest absolute Gasteiger partial charge is 0.325 e. The van der Waals surface area contributed by atoms with E-state index in [1.807, 2.05) is 0 Å². The molecule has 0 aromatic heterocycles. The Bertz CT molecular complexity index is 1010. The first-order valence-corrected chi connectivity index (χ1v) is 10.1. The molecule has 34 heavy (non-hydrogen) atoms. The number of carbonyl (C=O) groups is 3. The molecular formula is C22H26N2O10. The van der Waals surface area contributed by atoms with Crippen molar-refractivity contribution in [2.75, 3.05) is 26.2 Å². The van der Waals surface area contributed by atoms with Crippen LogP contribution in [0.2, 0.25) is 0 Å². The van der Waals surface area contributed by atoms with Crippen LogP contribution in [0.5, 0.6) is 11.5 Å². The van der Waals surface area contributed by atoms with Crippen molar-refractivity contribution in [2.45, 2.75) is 18.4 Å². The van der Waals surface area contributed by atoms with Crippen molar-refractivity contribution >= 4 is 17.9 Å². The lowest BCUT2D eigenvalue weighted by Crippen LogP contribution is -2.46. The molecule has 2 aromatic rings. The Labute approximate surface area is 194 Å². The number of para-hydroxylation sites is 2. The van der Waals surface area contributed by atoms with Gasteiger partial charge in [0, 0.05) is 24.2 Å². The topological polar surface area (TPSA) is 199 Å². The highest BCUT2D eigenvalue weighted by molar-refractivity contribution is 5.78. The molecule has 2 atom stereocenters. The van der Waals surface area contributed by atoms with Crippen LogP contribution in [0.1, 0.15) is 23.2 Å². The summed E-state index contributed by atoms with van der Waals surface area (Å²) in [6, 6.07) is 7.91. The first-order valence-electron chi connectivity index (χ1n) is 10.1. The summed E-state index contributed by atoms with van der Waals surface area (Å²) < 4.78 is 0. The maximum absolute atomic E-state index is 12.1. The highest BCUT2D eigenvalue weighted by atomic mass is 16.5. The summed E-state index contributed by atoms with van der Waals surface area (Å²) >= 11 is 0. The van der Waals surface area contributed by atoms with Gasteiger partial charge < -0.3 is 35.7 Å². The van der Waals surface area contributed by atoms with Gasteiger partial charge in [0.25, 0.3) is 0 Å². The maximum atomic E-state index is 12.1. The molecule has 2 aromatic carbocycles. The second-order valence-electron chi connectivity index (χ2n) is 7.44. The van der Waals surface area contributed by atoms with Crippen LogP contribution in [0.25, 0.3) is 0 Å². The van der Waals surface area contributed by atoms with Gasteiger partial charge in [-0.2, -0.15) is 0 Å². The molecule has 0 spiro atoms. The summed E-state index contributed by atoms with van der Waals surface area (Å²) in [6.45, 7) is -2.04. The molecule has 0 aliphatic rings. The highest BCUT2D eigenvalue weighted by Crippen LogP contribution is 2.31. The van der Waals surface area contributed by atoms with E-state index in [9.17, 15) is 50.1 Å². The average molecular weight is 478 g/mol. The lowest BCUT2D eigenvalue weighted by molar-refractivity contribution is -0.150. The molecule has 0 bridgehead atoms. The number of hydrogen-bond donors (Lipinski definition) is 7. The van der Waals surface area contributed by atoms with Gasteiger partial charge in [-0.3, -0.25) is 24.2 Å². The predicted octanol–water partition coefficient (Wildman–Crippen LogP) is 0.0487. The van der Waals surface area contributed by atoms with Crippen LogP contribution in [0, 0.1) is 0 Å². The second-order valence-corrected chi connectivity index (χ2v) is 7.44. The molecular weight excluding hydrogens is 452 g/mol. The summed E-state index contributed by atoms with van der Waals surface area (Å²) in [4.78, 5) is 37.6. The second kappa shape index (κ2) is 12.0. The fourth-order valence-electron chi connectivity index (χ4n) is 3.67. The number of carboxylic acid groups (broad SMARTS) is 3. The van der Waals surface area contributed by atoms with Gasteiger partial charge in [-0.05, 0) is 12.1 Å². The number of aliphatic carboxylic acids is 3. The number of phenolic OH excluding ortho intramolecular Hbond substituents is 2. The van der Waals surface area contributed by atoms with Crippen molar-refractivity contribution in [2.24, 2.45) is 0 Å². The zero-order valence-electron chi connectivity index (χ0n) is 17.9. The van der Waals surface area contributed by atoms with Crippen LogP contribution in [-0.4, -0.2) is 95.9 Å². The molecule has 1 unspecified atom stereocenters. The Kier molecular flexibility index (Phi) is 9.33. The number of carboxylic acids is 3. The Hall–Kier alpha value is -3.71. The molecule has 184 valence electrons. The van der Waals surface area contributed by atoms with Crippen molar-refractivity contribution in [3.05, 3.63) is 59.7 Å². The van der Waals surface area contributed by atoms with Crippen LogP contribution in [0.4, 0.5) is 0 Å². The van der Waals surface area contributed by atoms with E-state index in [-0.39, 0.29) is 35.7 Å². The number of phenols is 2. The number of benzene rings is 2. The quantitative estimate of drug-likeness (QED) is 0.191. The Balaban J connectivity index is 2.42. The van der Waals surface area contributed by atoms with Gasteiger partial charge in [-0.1, -0.05) is 36.4 Å². The minimum Gasteiger partial charge on any atom is -0.508 e. The lowest BCUT2D eigenvalue weighted by Gasteiger charge is -2.34. The molecule has 12 heteroatoms. The zero-order chi connectivity index (χ0) is 25.4. The van der Waals surface area contributed by atoms with Crippen LogP contribution in [0.15, 0.2) is 48.5 Å². The summed E-state index contributed by atoms with van der Waals surface area (Å²) in [6.07, 6.45) is -1.98. The third kappa shape index (κ3) is 6.89. The van der Waals surface area contributed by atoms with E-state index in [1.54, 1.807) is 0 Å². The fraction of sp³-hybridized carbons (Fsp3) is 0.318. The SMILES string of the molecule is O=C(O)CN(CCN(CC(O)O)C(C(=O)O)c1ccccc1O)[C@H](C(=O)O)c1ccccc1O. The van der Waals surface area contributed by atoms with Crippen molar-refractivity contribution in [1.29, 1.82) is 0 Å². The molecule has 0 saturated carbocycles. The van der Waals surface area contributed by atoms with Gasteiger partial charge in [-0.15, -0.1) is 0 Å². The fourth-order valence-corrected chi connectivity index (χ4v) is 3.67. The minimum atomic E-state index is -1.98. The molecule has 0 aliphatic heterocycles. The normalized spacial score (nSPS) is 13.2. The van der Waals surface area contributed by atoms with Crippen molar-refractivity contribution in [3.8, 4) is 11.5 Å². The summed E-state index contributed by atoms with van der Waals surface area (Å²) in [5, 5.41) is 68.2. The first kappa shape index (κ1) is 26.5. The Morgan fingerprint density at radius 3 is 1.50 bits per heavy atom. The Morgan fingerprint density at radius 2 is 1.12 bits per heavy atom. The van der Waals surface area contributed by atoms with Gasteiger partial charge in [0.2, 0.25) is 0 Å².